The summed E-state index contributed by atoms with van der Waals surface area (Å²) in [7, 11) is 0. The number of hydrogen-bond acceptors (Lipinski definition) is 4. The van der Waals surface area contributed by atoms with E-state index in [1.165, 1.54) is 4.88 Å². The Morgan fingerprint density at radius 1 is 1.39 bits per heavy atom. The predicted molar refractivity (Wildman–Crippen MR) is 96.4 cm³/mol. The SMILES string of the molecule is CSc1ccc(C(=O)Nc2sc3c(c2C#N)CCC(C)C3)cc1. The zero-order valence-electron chi connectivity index (χ0n) is 13.2. The van der Waals surface area contributed by atoms with Crippen molar-refractivity contribution in [3.05, 3.63) is 45.8 Å². The van der Waals surface area contributed by atoms with Crippen LogP contribution in [0, 0.1) is 17.2 Å². The molecule has 1 heterocycles. The highest BCUT2D eigenvalue weighted by atomic mass is 32.2. The fourth-order valence-corrected chi connectivity index (χ4v) is 4.64. The zero-order chi connectivity index (χ0) is 16.4. The van der Waals surface area contributed by atoms with Crippen LogP contribution >= 0.6 is 23.1 Å². The first kappa shape index (κ1) is 16.1. The molecular formula is C18H18N2OS2. The van der Waals surface area contributed by atoms with Gasteiger partial charge in [-0.1, -0.05) is 6.92 Å². The lowest BCUT2D eigenvalue weighted by Crippen LogP contribution is -2.12. The average Bonchev–Trinajstić information content (AvgIpc) is 2.90. The van der Waals surface area contributed by atoms with E-state index in [9.17, 15) is 10.1 Å². The van der Waals surface area contributed by atoms with E-state index in [2.05, 4.69) is 18.3 Å². The van der Waals surface area contributed by atoms with Gasteiger partial charge in [0.15, 0.2) is 0 Å². The maximum atomic E-state index is 12.4. The Morgan fingerprint density at radius 2 is 2.13 bits per heavy atom. The third-order valence-corrected chi connectivity index (χ3v) is 6.12. The number of nitrogens with zero attached hydrogens (tertiary/aromatic N) is 1. The highest BCUT2D eigenvalue weighted by Gasteiger charge is 2.24. The van der Waals surface area contributed by atoms with E-state index in [0.29, 0.717) is 22.0 Å². The molecule has 3 nitrogen and oxygen atoms in total. The van der Waals surface area contributed by atoms with E-state index < -0.39 is 0 Å². The summed E-state index contributed by atoms with van der Waals surface area (Å²) in [5, 5.41) is 13.1. The van der Waals surface area contributed by atoms with Gasteiger partial charge in [-0.3, -0.25) is 4.79 Å². The van der Waals surface area contributed by atoms with Crippen molar-refractivity contribution in [2.45, 2.75) is 31.1 Å². The summed E-state index contributed by atoms with van der Waals surface area (Å²) in [6.45, 7) is 2.24. The summed E-state index contributed by atoms with van der Waals surface area (Å²) in [5.74, 6) is 0.496. The van der Waals surface area contributed by atoms with E-state index in [4.69, 9.17) is 0 Å². The van der Waals surface area contributed by atoms with Gasteiger partial charge < -0.3 is 5.32 Å². The van der Waals surface area contributed by atoms with Crippen LogP contribution in [0.15, 0.2) is 29.2 Å². The fraction of sp³-hybridized carbons (Fsp3) is 0.333. The first-order valence-electron chi connectivity index (χ1n) is 7.62. The van der Waals surface area contributed by atoms with Gasteiger partial charge in [-0.05, 0) is 61.3 Å². The Labute approximate surface area is 144 Å². The molecule has 1 unspecified atom stereocenters. The van der Waals surface area contributed by atoms with Gasteiger partial charge in [-0.15, -0.1) is 23.1 Å². The molecule has 118 valence electrons. The molecule has 1 aliphatic rings. The Hall–Kier alpha value is -1.77. The lowest BCUT2D eigenvalue weighted by Gasteiger charge is -2.17. The van der Waals surface area contributed by atoms with Crippen LogP contribution in [0.1, 0.15) is 39.7 Å². The first-order chi connectivity index (χ1) is 11.1. The molecule has 0 saturated carbocycles. The van der Waals surface area contributed by atoms with Crippen molar-refractivity contribution in [1.29, 1.82) is 5.26 Å². The van der Waals surface area contributed by atoms with Gasteiger partial charge in [0.2, 0.25) is 0 Å². The summed E-state index contributed by atoms with van der Waals surface area (Å²) in [6.07, 6.45) is 5.06. The molecule has 1 aromatic heterocycles. The lowest BCUT2D eigenvalue weighted by molar-refractivity contribution is 0.102. The summed E-state index contributed by atoms with van der Waals surface area (Å²) in [5.41, 5.74) is 2.42. The second-order valence-electron chi connectivity index (χ2n) is 5.85. The molecule has 3 rings (SSSR count). The Morgan fingerprint density at radius 3 is 2.78 bits per heavy atom. The lowest BCUT2D eigenvalue weighted by atomic mass is 9.88. The van der Waals surface area contributed by atoms with E-state index >= 15 is 0 Å². The average molecular weight is 342 g/mol. The molecule has 23 heavy (non-hydrogen) atoms. The number of fused-ring (bicyclic) bond motifs is 1. The molecule has 0 bridgehead atoms. The minimum absolute atomic E-state index is 0.152. The molecule has 0 saturated heterocycles. The molecule has 2 aromatic rings. The molecule has 0 spiro atoms. The van der Waals surface area contributed by atoms with Crippen molar-refractivity contribution in [3.63, 3.8) is 0 Å². The monoisotopic (exact) mass is 342 g/mol. The van der Waals surface area contributed by atoms with Gasteiger partial charge in [-0.2, -0.15) is 5.26 Å². The molecule has 1 amide bonds. The van der Waals surface area contributed by atoms with Crippen molar-refractivity contribution < 1.29 is 4.79 Å². The molecule has 0 radical (unpaired) electrons. The third kappa shape index (κ3) is 3.29. The summed E-state index contributed by atoms with van der Waals surface area (Å²) >= 11 is 3.21. The quantitative estimate of drug-likeness (QED) is 0.821. The zero-order valence-corrected chi connectivity index (χ0v) is 14.8. The molecule has 1 atom stereocenters. The molecular weight excluding hydrogens is 324 g/mol. The number of carbonyl (C=O) groups excluding carboxylic acids is 1. The number of amides is 1. The van der Waals surface area contributed by atoms with E-state index in [0.717, 1.165) is 29.7 Å². The number of benzene rings is 1. The number of rotatable bonds is 3. The number of anilines is 1. The number of thiophene rings is 1. The third-order valence-electron chi connectivity index (χ3n) is 4.20. The van der Waals surface area contributed by atoms with Crippen LogP contribution in [0.2, 0.25) is 0 Å². The van der Waals surface area contributed by atoms with Gasteiger partial charge in [0.1, 0.15) is 11.1 Å². The first-order valence-corrected chi connectivity index (χ1v) is 9.66. The number of hydrogen-bond donors (Lipinski definition) is 1. The van der Waals surface area contributed by atoms with Crippen LogP contribution in [-0.2, 0) is 12.8 Å². The normalized spacial score (nSPS) is 16.5. The van der Waals surface area contributed by atoms with E-state index in [1.54, 1.807) is 23.1 Å². The molecule has 1 N–H and O–H groups in total. The van der Waals surface area contributed by atoms with Crippen LogP contribution in [0.25, 0.3) is 0 Å². The summed E-state index contributed by atoms with van der Waals surface area (Å²) in [6, 6.07) is 9.80. The minimum Gasteiger partial charge on any atom is -0.312 e. The molecule has 0 aliphatic heterocycles. The van der Waals surface area contributed by atoms with Crippen molar-refractivity contribution in [3.8, 4) is 6.07 Å². The number of carbonyl (C=O) groups is 1. The number of nitrogens with one attached hydrogen (secondary N) is 1. The number of nitriles is 1. The van der Waals surface area contributed by atoms with Gasteiger partial charge in [-0.25, -0.2) is 0 Å². The van der Waals surface area contributed by atoms with Crippen LogP contribution in [0.3, 0.4) is 0 Å². The second-order valence-corrected chi connectivity index (χ2v) is 7.84. The maximum Gasteiger partial charge on any atom is 0.256 e. The van der Waals surface area contributed by atoms with Crippen LogP contribution < -0.4 is 5.32 Å². The minimum atomic E-state index is -0.152. The largest absolute Gasteiger partial charge is 0.312 e. The smallest absolute Gasteiger partial charge is 0.256 e. The summed E-state index contributed by atoms with van der Waals surface area (Å²) in [4.78, 5) is 14.8. The molecule has 1 aliphatic carbocycles. The van der Waals surface area contributed by atoms with Crippen molar-refractivity contribution in [2.75, 3.05) is 11.6 Å². The van der Waals surface area contributed by atoms with E-state index in [-0.39, 0.29) is 5.91 Å². The standard InChI is InChI=1S/C18H18N2OS2/c1-11-3-8-14-15(10-19)18(23-16(14)9-11)20-17(21)12-4-6-13(22-2)7-5-12/h4-7,11H,3,8-9H2,1-2H3,(H,20,21). The highest BCUT2D eigenvalue weighted by molar-refractivity contribution is 7.98. The van der Waals surface area contributed by atoms with Crippen LogP contribution in [0.5, 0.6) is 0 Å². The summed E-state index contributed by atoms with van der Waals surface area (Å²) < 4.78 is 0. The van der Waals surface area contributed by atoms with Gasteiger partial charge >= 0.3 is 0 Å². The highest BCUT2D eigenvalue weighted by Crippen LogP contribution is 2.39. The van der Waals surface area contributed by atoms with Gasteiger partial charge in [0.05, 0.1) is 5.56 Å². The Bertz CT molecular complexity index is 772. The van der Waals surface area contributed by atoms with Crippen LogP contribution in [-0.4, -0.2) is 12.2 Å². The fourth-order valence-electron chi connectivity index (χ4n) is 2.87. The Kier molecular flexibility index (Phi) is 4.74. The molecule has 0 fully saturated rings. The van der Waals surface area contributed by atoms with Crippen molar-refractivity contribution in [1.82, 2.24) is 0 Å². The maximum absolute atomic E-state index is 12.4. The van der Waals surface area contributed by atoms with Gasteiger partial charge in [0, 0.05) is 15.3 Å². The van der Waals surface area contributed by atoms with Crippen molar-refractivity contribution in [2.24, 2.45) is 5.92 Å². The Balaban J connectivity index is 1.85. The number of thioether (sulfide) groups is 1. The predicted octanol–water partition coefficient (Wildman–Crippen LogP) is 4.72. The second kappa shape index (κ2) is 6.77. The molecule has 1 aromatic carbocycles. The van der Waals surface area contributed by atoms with Gasteiger partial charge in [0.25, 0.3) is 5.91 Å². The van der Waals surface area contributed by atoms with Crippen LogP contribution in [0.4, 0.5) is 5.00 Å². The van der Waals surface area contributed by atoms with E-state index in [1.807, 2.05) is 30.5 Å². The molecule has 5 heteroatoms. The van der Waals surface area contributed by atoms with Crippen molar-refractivity contribution >= 4 is 34.0 Å². The topological polar surface area (TPSA) is 52.9 Å².